The first kappa shape index (κ1) is 16.3. The van der Waals surface area contributed by atoms with Crippen LogP contribution >= 0.6 is 0 Å². The SMILES string of the molecule is CCOc1cc(C)c(S(=O)(=O)N2CCCOC2C)cc1C. The van der Waals surface area contributed by atoms with Gasteiger partial charge in [0.15, 0.2) is 0 Å². The van der Waals surface area contributed by atoms with E-state index in [-0.39, 0.29) is 0 Å². The molecule has 21 heavy (non-hydrogen) atoms. The molecule has 5 nitrogen and oxygen atoms in total. The van der Waals surface area contributed by atoms with E-state index < -0.39 is 16.3 Å². The third kappa shape index (κ3) is 3.22. The van der Waals surface area contributed by atoms with Crippen molar-refractivity contribution in [1.82, 2.24) is 4.31 Å². The number of hydrogen-bond donors (Lipinski definition) is 0. The molecule has 1 saturated heterocycles. The lowest BCUT2D eigenvalue weighted by atomic mass is 10.1. The Kier molecular flexibility index (Phi) is 4.91. The number of rotatable bonds is 4. The van der Waals surface area contributed by atoms with Crippen LogP contribution in [0.5, 0.6) is 5.75 Å². The molecule has 1 atom stereocenters. The molecule has 0 N–H and O–H groups in total. The van der Waals surface area contributed by atoms with E-state index in [0.29, 0.717) is 30.2 Å². The Morgan fingerprint density at radius 2 is 2.05 bits per heavy atom. The molecule has 1 unspecified atom stereocenters. The maximum absolute atomic E-state index is 12.8. The number of ether oxygens (including phenoxy) is 2. The van der Waals surface area contributed by atoms with Crippen LogP contribution in [0.25, 0.3) is 0 Å². The van der Waals surface area contributed by atoms with E-state index in [1.54, 1.807) is 26.0 Å². The smallest absolute Gasteiger partial charge is 0.245 e. The molecule has 0 spiro atoms. The zero-order valence-electron chi connectivity index (χ0n) is 13.0. The quantitative estimate of drug-likeness (QED) is 0.857. The highest BCUT2D eigenvalue weighted by atomic mass is 32.2. The average molecular weight is 313 g/mol. The summed E-state index contributed by atoms with van der Waals surface area (Å²) in [4.78, 5) is 0.334. The summed E-state index contributed by atoms with van der Waals surface area (Å²) in [6, 6.07) is 3.48. The number of sulfonamides is 1. The maximum Gasteiger partial charge on any atom is 0.245 e. The second-order valence-electron chi connectivity index (χ2n) is 5.26. The molecule has 6 heteroatoms. The Balaban J connectivity index is 2.42. The Labute approximate surface area is 126 Å². The molecule has 1 aromatic rings. The largest absolute Gasteiger partial charge is 0.494 e. The van der Waals surface area contributed by atoms with Crippen LogP contribution in [-0.2, 0) is 14.8 Å². The number of aryl methyl sites for hydroxylation is 2. The van der Waals surface area contributed by atoms with E-state index in [1.165, 1.54) is 4.31 Å². The Bertz CT molecular complexity index is 612. The summed E-state index contributed by atoms with van der Waals surface area (Å²) in [5.41, 5.74) is 1.52. The second-order valence-corrected chi connectivity index (χ2v) is 7.11. The number of hydrogen-bond acceptors (Lipinski definition) is 4. The highest BCUT2D eigenvalue weighted by Gasteiger charge is 2.33. The standard InChI is InChI=1S/C15H23NO4S/c1-5-19-14-9-12(3)15(10-11(14)2)21(17,18)16-7-6-8-20-13(16)4/h9-10,13H,5-8H2,1-4H3. The lowest BCUT2D eigenvalue weighted by Crippen LogP contribution is -2.44. The fourth-order valence-electron chi connectivity index (χ4n) is 2.53. The van der Waals surface area contributed by atoms with E-state index in [2.05, 4.69) is 0 Å². The van der Waals surface area contributed by atoms with Crippen molar-refractivity contribution >= 4 is 10.0 Å². The topological polar surface area (TPSA) is 55.8 Å². The third-order valence-electron chi connectivity index (χ3n) is 3.65. The third-order valence-corrected chi connectivity index (χ3v) is 5.74. The minimum atomic E-state index is -3.54. The van der Waals surface area contributed by atoms with Gasteiger partial charge in [-0.25, -0.2) is 8.42 Å². The molecular weight excluding hydrogens is 290 g/mol. The van der Waals surface area contributed by atoms with Gasteiger partial charge in [-0.3, -0.25) is 0 Å². The summed E-state index contributed by atoms with van der Waals surface area (Å²) in [5.74, 6) is 0.733. The zero-order valence-corrected chi connectivity index (χ0v) is 13.9. The van der Waals surface area contributed by atoms with Crippen molar-refractivity contribution in [2.75, 3.05) is 19.8 Å². The van der Waals surface area contributed by atoms with Crippen LogP contribution in [0.15, 0.2) is 17.0 Å². The molecule has 1 fully saturated rings. The van der Waals surface area contributed by atoms with E-state index in [0.717, 1.165) is 17.7 Å². The van der Waals surface area contributed by atoms with E-state index in [4.69, 9.17) is 9.47 Å². The molecule has 0 saturated carbocycles. The van der Waals surface area contributed by atoms with Crippen molar-refractivity contribution in [2.24, 2.45) is 0 Å². The average Bonchev–Trinajstić information content (AvgIpc) is 2.43. The summed E-state index contributed by atoms with van der Waals surface area (Å²) in [6.07, 6.45) is 0.300. The van der Waals surface area contributed by atoms with Gasteiger partial charge in [-0.15, -0.1) is 0 Å². The first-order valence-electron chi connectivity index (χ1n) is 7.25. The van der Waals surface area contributed by atoms with Gasteiger partial charge in [-0.2, -0.15) is 4.31 Å². The van der Waals surface area contributed by atoms with Crippen molar-refractivity contribution < 1.29 is 17.9 Å². The van der Waals surface area contributed by atoms with Gasteiger partial charge in [0, 0.05) is 13.2 Å². The van der Waals surface area contributed by atoms with Gasteiger partial charge in [0.1, 0.15) is 12.0 Å². The van der Waals surface area contributed by atoms with E-state index in [1.807, 2.05) is 13.8 Å². The summed E-state index contributed by atoms with van der Waals surface area (Å²) >= 11 is 0. The van der Waals surface area contributed by atoms with Gasteiger partial charge in [-0.05, 0) is 57.4 Å². The van der Waals surface area contributed by atoms with Crippen LogP contribution in [0.3, 0.4) is 0 Å². The van der Waals surface area contributed by atoms with Crippen molar-refractivity contribution in [3.05, 3.63) is 23.3 Å². The molecule has 118 valence electrons. The monoisotopic (exact) mass is 313 g/mol. The van der Waals surface area contributed by atoms with Crippen LogP contribution in [0, 0.1) is 13.8 Å². The first-order valence-corrected chi connectivity index (χ1v) is 8.69. The maximum atomic E-state index is 12.8. The Morgan fingerprint density at radius 3 is 2.67 bits per heavy atom. The van der Waals surface area contributed by atoms with Crippen molar-refractivity contribution in [1.29, 1.82) is 0 Å². The second kappa shape index (κ2) is 6.34. The minimum Gasteiger partial charge on any atom is -0.494 e. The predicted molar refractivity (Wildman–Crippen MR) is 81.0 cm³/mol. The van der Waals surface area contributed by atoms with E-state index >= 15 is 0 Å². The van der Waals surface area contributed by atoms with E-state index in [9.17, 15) is 8.42 Å². The van der Waals surface area contributed by atoms with Crippen molar-refractivity contribution in [2.45, 2.75) is 45.2 Å². The predicted octanol–water partition coefficient (Wildman–Crippen LogP) is 2.46. The molecule has 0 bridgehead atoms. The molecule has 2 rings (SSSR count). The van der Waals surface area contributed by atoms with Gasteiger partial charge in [0.25, 0.3) is 0 Å². The van der Waals surface area contributed by atoms with Crippen molar-refractivity contribution in [3.63, 3.8) is 0 Å². The van der Waals surface area contributed by atoms with Crippen LogP contribution in [0.4, 0.5) is 0 Å². The van der Waals surface area contributed by atoms with Gasteiger partial charge in [-0.1, -0.05) is 0 Å². The number of nitrogens with zero attached hydrogens (tertiary/aromatic N) is 1. The molecule has 0 aromatic heterocycles. The minimum absolute atomic E-state index is 0.334. The van der Waals surface area contributed by atoms with Crippen molar-refractivity contribution in [3.8, 4) is 5.75 Å². The van der Waals surface area contributed by atoms with Gasteiger partial charge < -0.3 is 9.47 Å². The summed E-state index contributed by atoms with van der Waals surface area (Å²) in [5, 5.41) is 0. The molecular formula is C15H23NO4S. The molecule has 1 aliphatic rings. The van der Waals surface area contributed by atoms with Gasteiger partial charge >= 0.3 is 0 Å². The Hall–Kier alpha value is -1.11. The van der Waals surface area contributed by atoms with Crippen LogP contribution < -0.4 is 4.74 Å². The molecule has 0 aliphatic carbocycles. The molecule has 0 amide bonds. The summed E-state index contributed by atoms with van der Waals surface area (Å²) in [6.45, 7) is 9.00. The normalized spacial score (nSPS) is 20.5. The fourth-order valence-corrected chi connectivity index (χ4v) is 4.40. The summed E-state index contributed by atoms with van der Waals surface area (Å²) < 4.78 is 38.1. The molecule has 1 heterocycles. The van der Waals surface area contributed by atoms with Crippen LogP contribution in [-0.4, -0.2) is 38.7 Å². The first-order chi connectivity index (χ1) is 9.87. The number of benzene rings is 1. The molecule has 0 radical (unpaired) electrons. The highest BCUT2D eigenvalue weighted by Crippen LogP contribution is 2.29. The lowest BCUT2D eigenvalue weighted by molar-refractivity contribution is -0.0410. The molecule has 1 aliphatic heterocycles. The van der Waals surface area contributed by atoms with Crippen LogP contribution in [0.1, 0.15) is 31.4 Å². The molecule has 1 aromatic carbocycles. The Morgan fingerprint density at radius 1 is 1.33 bits per heavy atom. The highest BCUT2D eigenvalue weighted by molar-refractivity contribution is 7.89. The van der Waals surface area contributed by atoms with Gasteiger partial charge in [0.05, 0.1) is 11.5 Å². The van der Waals surface area contributed by atoms with Gasteiger partial charge in [0.2, 0.25) is 10.0 Å². The lowest BCUT2D eigenvalue weighted by Gasteiger charge is -2.32. The zero-order chi connectivity index (χ0) is 15.6. The van der Waals surface area contributed by atoms with Crippen LogP contribution in [0.2, 0.25) is 0 Å². The fraction of sp³-hybridized carbons (Fsp3) is 0.600. The summed E-state index contributed by atoms with van der Waals surface area (Å²) in [7, 11) is -3.54.